The van der Waals surface area contributed by atoms with E-state index in [9.17, 15) is 9.59 Å². The first-order valence-electron chi connectivity index (χ1n) is 8.60. The quantitative estimate of drug-likeness (QED) is 0.347. The lowest BCUT2D eigenvalue weighted by atomic mass is 10.2. The summed E-state index contributed by atoms with van der Waals surface area (Å²) in [5.74, 6) is 1.29. The Labute approximate surface area is 169 Å². The normalized spacial score (nSPS) is 12.4. The topological polar surface area (TPSA) is 92.8 Å². The molecule has 0 bridgehead atoms. The van der Waals surface area contributed by atoms with Crippen LogP contribution in [0.1, 0.15) is 11.3 Å². The van der Waals surface area contributed by atoms with Crippen molar-refractivity contribution < 1.29 is 23.4 Å². The molecule has 1 aromatic carbocycles. The number of hydrogen-bond donors (Lipinski definition) is 0. The van der Waals surface area contributed by atoms with Crippen molar-refractivity contribution in [2.75, 3.05) is 6.79 Å². The zero-order valence-electron chi connectivity index (χ0n) is 15.4. The van der Waals surface area contributed by atoms with Crippen molar-refractivity contribution in [3.63, 3.8) is 0 Å². The number of aryl methyl sites for hydroxylation is 1. The van der Waals surface area contributed by atoms with Gasteiger partial charge in [0.05, 0.1) is 5.75 Å². The van der Waals surface area contributed by atoms with E-state index < -0.39 is 11.4 Å². The van der Waals surface area contributed by atoms with Gasteiger partial charge in [-0.05, 0) is 23.8 Å². The number of ether oxygens (including phenoxy) is 3. The molecule has 0 fully saturated rings. The summed E-state index contributed by atoms with van der Waals surface area (Å²) in [7, 11) is 1.88. The molecule has 1 aliphatic rings. The van der Waals surface area contributed by atoms with Crippen LogP contribution in [0.25, 0.3) is 6.08 Å². The number of carbonyl (C=O) groups excluding carboxylic acids is 1. The molecular formula is C20H16N2O6S. The molecular weight excluding hydrogens is 396 g/mol. The third-order valence-corrected chi connectivity index (χ3v) is 5.07. The van der Waals surface area contributed by atoms with E-state index in [1.54, 1.807) is 30.5 Å². The molecule has 2 aromatic heterocycles. The Morgan fingerprint density at radius 1 is 1.31 bits per heavy atom. The second kappa shape index (κ2) is 8.27. The van der Waals surface area contributed by atoms with Crippen LogP contribution in [-0.4, -0.2) is 22.3 Å². The van der Waals surface area contributed by atoms with Crippen molar-refractivity contribution >= 4 is 23.8 Å². The van der Waals surface area contributed by atoms with Crippen LogP contribution in [0, 0.1) is 0 Å². The zero-order valence-corrected chi connectivity index (χ0v) is 16.2. The lowest BCUT2D eigenvalue weighted by molar-refractivity contribution is -0.129. The summed E-state index contributed by atoms with van der Waals surface area (Å²) in [6.45, 7) is 0.177. The molecule has 1 aliphatic heterocycles. The standard InChI is InChI=1S/C20H16N2O6S/c1-22-7-6-21-20(22)29-11-14-9-15(23)18(10-25-14)28-19(24)5-3-13-2-4-16-17(8-13)27-12-26-16/h2-10H,11-12H2,1H3/b5-3+. The Morgan fingerprint density at radius 3 is 2.97 bits per heavy atom. The largest absolute Gasteiger partial charge is 0.464 e. The summed E-state index contributed by atoms with van der Waals surface area (Å²) in [6.07, 6.45) is 7.45. The third kappa shape index (κ3) is 4.52. The molecule has 29 heavy (non-hydrogen) atoms. The monoisotopic (exact) mass is 412 g/mol. The van der Waals surface area contributed by atoms with Crippen LogP contribution in [-0.2, 0) is 17.6 Å². The molecule has 0 saturated carbocycles. The molecule has 148 valence electrons. The minimum Gasteiger partial charge on any atom is -0.464 e. The number of thioether (sulfide) groups is 1. The number of rotatable bonds is 6. The van der Waals surface area contributed by atoms with Gasteiger partial charge in [0, 0.05) is 31.6 Å². The first kappa shape index (κ1) is 18.9. The van der Waals surface area contributed by atoms with Gasteiger partial charge in [-0.3, -0.25) is 4.79 Å². The average molecular weight is 412 g/mol. The van der Waals surface area contributed by atoms with Crippen LogP contribution >= 0.6 is 11.8 Å². The number of carbonyl (C=O) groups is 1. The Balaban J connectivity index is 1.36. The number of benzene rings is 1. The maximum absolute atomic E-state index is 12.2. The molecule has 0 radical (unpaired) electrons. The highest BCUT2D eigenvalue weighted by Gasteiger charge is 2.13. The summed E-state index contributed by atoms with van der Waals surface area (Å²) < 4.78 is 22.9. The highest BCUT2D eigenvalue weighted by atomic mass is 32.2. The summed E-state index contributed by atoms with van der Waals surface area (Å²) >= 11 is 1.43. The molecule has 0 N–H and O–H groups in total. The number of aromatic nitrogens is 2. The molecule has 0 unspecified atom stereocenters. The van der Waals surface area contributed by atoms with E-state index in [4.69, 9.17) is 18.6 Å². The van der Waals surface area contributed by atoms with Gasteiger partial charge in [-0.1, -0.05) is 17.8 Å². The molecule has 3 aromatic rings. The molecule has 0 amide bonds. The van der Waals surface area contributed by atoms with Crippen molar-refractivity contribution in [3.05, 3.63) is 70.5 Å². The highest BCUT2D eigenvalue weighted by molar-refractivity contribution is 7.98. The first-order chi connectivity index (χ1) is 14.1. The maximum atomic E-state index is 12.2. The number of fused-ring (bicyclic) bond motifs is 1. The van der Waals surface area contributed by atoms with E-state index in [0.29, 0.717) is 23.0 Å². The Kier molecular flexibility index (Phi) is 5.39. The molecule has 3 heterocycles. The predicted octanol–water partition coefficient (Wildman–Crippen LogP) is 3.01. The first-order valence-corrected chi connectivity index (χ1v) is 9.58. The van der Waals surface area contributed by atoms with E-state index >= 15 is 0 Å². The van der Waals surface area contributed by atoms with Crippen LogP contribution in [0.5, 0.6) is 17.2 Å². The van der Waals surface area contributed by atoms with E-state index in [2.05, 4.69) is 4.98 Å². The average Bonchev–Trinajstić information content (AvgIpc) is 3.34. The fourth-order valence-electron chi connectivity index (χ4n) is 2.54. The SMILES string of the molecule is Cn1ccnc1SCc1cc(=O)c(OC(=O)/C=C/c2ccc3c(c2)OCO3)co1. The van der Waals surface area contributed by atoms with Gasteiger partial charge in [-0.15, -0.1) is 0 Å². The summed E-state index contributed by atoms with van der Waals surface area (Å²) in [6, 6.07) is 6.58. The van der Waals surface area contributed by atoms with Crippen molar-refractivity contribution in [1.82, 2.24) is 9.55 Å². The smallest absolute Gasteiger partial charge is 0.336 e. The number of imidazole rings is 1. The highest BCUT2D eigenvalue weighted by Crippen LogP contribution is 2.32. The van der Waals surface area contributed by atoms with Gasteiger partial charge in [0.1, 0.15) is 12.0 Å². The molecule has 0 aliphatic carbocycles. The van der Waals surface area contributed by atoms with E-state index in [1.165, 1.54) is 23.9 Å². The van der Waals surface area contributed by atoms with Gasteiger partial charge in [0.25, 0.3) is 0 Å². The van der Waals surface area contributed by atoms with Crippen LogP contribution in [0.3, 0.4) is 0 Å². The van der Waals surface area contributed by atoms with Crippen molar-refractivity contribution in [2.45, 2.75) is 10.9 Å². The molecule has 8 nitrogen and oxygen atoms in total. The van der Waals surface area contributed by atoms with Gasteiger partial charge >= 0.3 is 5.97 Å². The second-order valence-electron chi connectivity index (χ2n) is 6.05. The van der Waals surface area contributed by atoms with E-state index in [-0.39, 0.29) is 12.5 Å². The van der Waals surface area contributed by atoms with Gasteiger partial charge in [-0.25, -0.2) is 9.78 Å². The van der Waals surface area contributed by atoms with Crippen LogP contribution < -0.4 is 19.6 Å². The molecule has 0 atom stereocenters. The fourth-order valence-corrected chi connectivity index (χ4v) is 3.36. The van der Waals surface area contributed by atoms with Gasteiger partial charge in [0.15, 0.2) is 16.7 Å². The van der Waals surface area contributed by atoms with E-state index in [1.807, 2.05) is 17.8 Å². The number of esters is 1. The van der Waals surface area contributed by atoms with Crippen molar-refractivity contribution in [1.29, 1.82) is 0 Å². The summed E-state index contributed by atoms with van der Waals surface area (Å²) in [5, 5.41) is 0.803. The van der Waals surface area contributed by atoms with Crippen LogP contribution in [0.15, 0.2) is 63.4 Å². The molecule has 0 saturated heterocycles. The number of nitrogens with zero attached hydrogens (tertiary/aromatic N) is 2. The van der Waals surface area contributed by atoms with Crippen LogP contribution in [0.2, 0.25) is 0 Å². The van der Waals surface area contributed by atoms with Gasteiger partial charge < -0.3 is 23.2 Å². The van der Waals surface area contributed by atoms with Gasteiger partial charge in [-0.2, -0.15) is 0 Å². The zero-order chi connectivity index (χ0) is 20.2. The van der Waals surface area contributed by atoms with Crippen LogP contribution in [0.4, 0.5) is 0 Å². The fraction of sp³-hybridized carbons (Fsp3) is 0.150. The lowest BCUT2D eigenvalue weighted by Crippen LogP contribution is -2.12. The van der Waals surface area contributed by atoms with E-state index in [0.717, 1.165) is 17.0 Å². The lowest BCUT2D eigenvalue weighted by Gasteiger charge is -2.03. The summed E-state index contributed by atoms with van der Waals surface area (Å²) in [4.78, 5) is 28.4. The minimum atomic E-state index is -0.690. The summed E-state index contributed by atoms with van der Waals surface area (Å²) in [5.41, 5.74) is 0.302. The maximum Gasteiger partial charge on any atom is 0.336 e. The van der Waals surface area contributed by atoms with Gasteiger partial charge in [0.2, 0.25) is 18.0 Å². The second-order valence-corrected chi connectivity index (χ2v) is 6.99. The minimum absolute atomic E-state index is 0.170. The molecule has 0 spiro atoms. The Morgan fingerprint density at radius 2 is 2.17 bits per heavy atom. The van der Waals surface area contributed by atoms with Crippen molar-refractivity contribution in [3.8, 4) is 17.2 Å². The number of hydrogen-bond acceptors (Lipinski definition) is 8. The van der Waals surface area contributed by atoms with Crippen molar-refractivity contribution in [2.24, 2.45) is 7.05 Å². The molecule has 4 rings (SSSR count). The molecule has 9 heteroatoms. The Bertz CT molecular complexity index is 1130. The predicted molar refractivity (Wildman–Crippen MR) is 105 cm³/mol. The Hall–Kier alpha value is -3.46. The third-order valence-electron chi connectivity index (χ3n) is 3.99.